The highest BCUT2D eigenvalue weighted by Gasteiger charge is 2.21. The average molecular weight is 668 g/mol. The molecule has 0 saturated carbocycles. The molecule has 3 amide bonds. The molecule has 2 atom stereocenters. The van der Waals surface area contributed by atoms with Crippen LogP contribution in [-0.2, 0) is 32.0 Å². The number of likely N-dealkylation sites (N-methyl/N-ethyl adjacent to an activating group) is 1. The fraction of sp³-hybridized carbons (Fsp3) is 0.364. The minimum Gasteiger partial charge on any atom is -0.361 e. The first-order valence-electron chi connectivity index (χ1n) is 15.0. The Morgan fingerprint density at radius 1 is 1.04 bits per heavy atom. The smallest absolute Gasteiger partial charge is 0.242 e. The maximum absolute atomic E-state index is 12.1. The molecule has 0 spiro atoms. The normalized spacial score (nSPS) is 13.4. The molecule has 11 nitrogen and oxygen atoms in total. The van der Waals surface area contributed by atoms with E-state index < -0.39 is 12.1 Å². The Balaban J connectivity index is 0.000000267. The number of aliphatic imine (C=N–C) groups is 1. The van der Waals surface area contributed by atoms with E-state index in [1.807, 2.05) is 67.7 Å². The van der Waals surface area contributed by atoms with E-state index in [1.54, 1.807) is 24.5 Å². The maximum Gasteiger partial charge on any atom is 0.242 e. The number of carbonyl (C=O) groups excluding carboxylic acids is 4. The van der Waals surface area contributed by atoms with Crippen molar-refractivity contribution in [2.24, 2.45) is 4.99 Å². The first-order valence-corrected chi connectivity index (χ1v) is 16.6. The van der Waals surface area contributed by atoms with Crippen LogP contribution < -0.4 is 16.0 Å². The first kappa shape index (κ1) is 38.3. The maximum atomic E-state index is 12.1. The van der Waals surface area contributed by atoms with Crippen molar-refractivity contribution in [2.75, 3.05) is 33.7 Å². The van der Waals surface area contributed by atoms with E-state index in [2.05, 4.69) is 55.4 Å². The Morgan fingerprint density at radius 3 is 2.33 bits per heavy atom. The number of hydrogen-bond acceptors (Lipinski definition) is 9. The highest BCUT2D eigenvalue weighted by Crippen LogP contribution is 2.21. The van der Waals surface area contributed by atoms with Gasteiger partial charge in [-0.2, -0.15) is 0 Å². The largest absolute Gasteiger partial charge is 0.361 e. The molecule has 4 rings (SSSR count). The molecule has 1 aliphatic rings. The summed E-state index contributed by atoms with van der Waals surface area (Å²) in [7, 11) is 4.12. The topological polar surface area (TPSA) is 139 Å². The summed E-state index contributed by atoms with van der Waals surface area (Å²) in [5.41, 5.74) is 3.03. The van der Waals surface area contributed by atoms with Gasteiger partial charge in [-0.3, -0.25) is 24.2 Å². The summed E-state index contributed by atoms with van der Waals surface area (Å²) < 4.78 is 4.40. The number of fused-ring (bicyclic) bond motifs is 1. The summed E-state index contributed by atoms with van der Waals surface area (Å²) in [5, 5.41) is 10.5. The molecule has 2 heterocycles. The predicted molar refractivity (Wildman–Crippen MR) is 190 cm³/mol. The second kappa shape index (κ2) is 21.8. The zero-order valence-electron chi connectivity index (χ0n) is 26.9. The van der Waals surface area contributed by atoms with Gasteiger partial charge in [0, 0.05) is 74.3 Å². The number of carbonyl (C=O) groups is 4. The van der Waals surface area contributed by atoms with Crippen molar-refractivity contribution < 1.29 is 19.2 Å². The summed E-state index contributed by atoms with van der Waals surface area (Å²) in [6, 6.07) is 16.4. The molecular weight excluding hydrogens is 623 g/mol. The monoisotopic (exact) mass is 667 g/mol. The lowest BCUT2D eigenvalue weighted by molar-refractivity contribution is -0.128. The Bertz CT molecular complexity index is 1410. The van der Waals surface area contributed by atoms with Crippen molar-refractivity contribution in [3.05, 3.63) is 83.5 Å². The van der Waals surface area contributed by atoms with Crippen LogP contribution in [0.3, 0.4) is 0 Å². The minimum atomic E-state index is -0.582. The van der Waals surface area contributed by atoms with Crippen molar-refractivity contribution >= 4 is 64.9 Å². The highest BCUT2D eigenvalue weighted by molar-refractivity contribution is 8.16. The third-order valence-electron chi connectivity index (χ3n) is 6.29. The van der Waals surface area contributed by atoms with E-state index in [4.69, 9.17) is 0 Å². The Hall–Kier alpha value is -3.91. The second-order valence-corrected chi connectivity index (χ2v) is 12.5. The number of amides is 3. The SMILES string of the molecule is C=N/C=C\SC(=O)C(Cc1c[nH]c2ccccc12)NC=O.CCNC(=O)C(Cc1ccccc1)NC(=O)CC.CN(C)SN1CC1. The molecule has 13 heteroatoms. The van der Waals surface area contributed by atoms with Gasteiger partial charge in [-0.05, 0) is 50.3 Å². The number of nitrogens with zero attached hydrogens (tertiary/aromatic N) is 3. The Kier molecular flexibility index (Phi) is 18.1. The second-order valence-electron chi connectivity index (χ2n) is 10.2. The van der Waals surface area contributed by atoms with Crippen LogP contribution in [-0.4, -0.2) is 89.5 Å². The fourth-order valence-corrected chi connectivity index (χ4v) is 5.35. The molecule has 1 aromatic heterocycles. The van der Waals surface area contributed by atoms with E-state index in [9.17, 15) is 19.2 Å². The number of benzene rings is 2. The summed E-state index contributed by atoms with van der Waals surface area (Å²) >= 11 is 2.78. The quantitative estimate of drug-likeness (QED) is 0.0828. The number of rotatable bonds is 15. The molecule has 4 N–H and O–H groups in total. The molecular formula is C33H45N7O4S2. The van der Waals surface area contributed by atoms with Gasteiger partial charge in [0.1, 0.15) is 12.1 Å². The van der Waals surface area contributed by atoms with Gasteiger partial charge in [0.05, 0.1) is 0 Å². The molecule has 3 aromatic rings. The zero-order chi connectivity index (χ0) is 33.7. The molecule has 0 aliphatic carbocycles. The highest BCUT2D eigenvalue weighted by atomic mass is 32.2. The van der Waals surface area contributed by atoms with Crippen LogP contribution >= 0.6 is 23.9 Å². The van der Waals surface area contributed by atoms with Crippen LogP contribution in [0.1, 0.15) is 31.4 Å². The van der Waals surface area contributed by atoms with Gasteiger partial charge < -0.3 is 20.9 Å². The molecule has 1 saturated heterocycles. The third kappa shape index (κ3) is 14.9. The lowest BCUT2D eigenvalue weighted by Gasteiger charge is -2.17. The zero-order valence-corrected chi connectivity index (χ0v) is 28.5. The van der Waals surface area contributed by atoms with Crippen LogP contribution in [0, 0.1) is 0 Å². The van der Waals surface area contributed by atoms with Gasteiger partial charge in [0.25, 0.3) is 0 Å². The fourth-order valence-electron chi connectivity index (χ4n) is 4.04. The first-order chi connectivity index (χ1) is 22.2. The number of thioether (sulfide) groups is 1. The van der Waals surface area contributed by atoms with Gasteiger partial charge in [0.2, 0.25) is 23.3 Å². The summed E-state index contributed by atoms with van der Waals surface area (Å²) in [4.78, 5) is 52.8. The number of aromatic amines is 1. The number of nitrogens with one attached hydrogen (secondary N) is 4. The summed E-state index contributed by atoms with van der Waals surface area (Å²) in [5.74, 6) is -0.245. The van der Waals surface area contributed by atoms with Crippen molar-refractivity contribution in [2.45, 2.75) is 45.2 Å². The van der Waals surface area contributed by atoms with E-state index >= 15 is 0 Å². The van der Waals surface area contributed by atoms with Crippen LogP contribution in [0.25, 0.3) is 10.9 Å². The van der Waals surface area contributed by atoms with Crippen LogP contribution in [0.5, 0.6) is 0 Å². The van der Waals surface area contributed by atoms with Crippen molar-refractivity contribution in [3.63, 3.8) is 0 Å². The molecule has 2 aromatic carbocycles. The van der Waals surface area contributed by atoms with Crippen LogP contribution in [0.2, 0.25) is 0 Å². The number of H-pyrrole nitrogens is 1. The number of para-hydroxylation sites is 1. The van der Waals surface area contributed by atoms with E-state index in [-0.39, 0.29) is 16.9 Å². The average Bonchev–Trinajstić information content (AvgIpc) is 3.77. The number of aromatic nitrogens is 1. The Labute approximate surface area is 280 Å². The molecule has 2 unspecified atom stereocenters. The van der Waals surface area contributed by atoms with E-state index in [0.717, 1.165) is 33.8 Å². The molecule has 248 valence electrons. The third-order valence-corrected chi connectivity index (χ3v) is 7.99. The standard InChI is InChI=1S/C15H15N3O2S.C14H20N2O2.C4H10N2S/c1-16-6-7-21-15(20)14(18-10-19)8-11-9-17-13-5-3-2-4-12(11)13;1-3-13(17)16-12(14(18)15-4-2)10-11-8-6-5-7-9-11;1-5(2)7-6-3-4-6/h2-7,9-10,14,17H,1,8H2,(H,18,19);5-9,12H,3-4,10H2,1-2H3,(H,15,18)(H,16,17);3-4H2,1-2H3/b7-6-;;. The predicted octanol–water partition coefficient (Wildman–Crippen LogP) is 3.94. The van der Waals surface area contributed by atoms with Crippen LogP contribution in [0.4, 0.5) is 0 Å². The van der Waals surface area contributed by atoms with Gasteiger partial charge in [-0.15, -0.1) is 0 Å². The van der Waals surface area contributed by atoms with Crippen molar-refractivity contribution in [3.8, 4) is 0 Å². The number of hydrogen-bond donors (Lipinski definition) is 4. The van der Waals surface area contributed by atoms with E-state index in [1.165, 1.54) is 19.3 Å². The van der Waals surface area contributed by atoms with Crippen molar-refractivity contribution in [1.82, 2.24) is 29.5 Å². The van der Waals surface area contributed by atoms with Gasteiger partial charge in [-0.1, -0.05) is 67.2 Å². The molecule has 0 radical (unpaired) electrons. The van der Waals surface area contributed by atoms with Crippen LogP contribution in [0.15, 0.2) is 77.4 Å². The molecule has 0 bridgehead atoms. The van der Waals surface area contributed by atoms with Gasteiger partial charge in [-0.25, -0.2) is 8.61 Å². The summed E-state index contributed by atoms with van der Waals surface area (Å²) in [6.07, 6.45) is 5.18. The van der Waals surface area contributed by atoms with E-state index in [0.29, 0.717) is 32.2 Å². The van der Waals surface area contributed by atoms with Crippen molar-refractivity contribution in [1.29, 1.82) is 0 Å². The summed E-state index contributed by atoms with van der Waals surface area (Å²) in [6.45, 7) is 10.0. The molecule has 1 aliphatic heterocycles. The molecule has 46 heavy (non-hydrogen) atoms. The van der Waals surface area contributed by atoms with Gasteiger partial charge in [0.15, 0.2) is 0 Å². The lowest BCUT2D eigenvalue weighted by atomic mass is 10.1. The minimum absolute atomic E-state index is 0.109. The Morgan fingerprint density at radius 2 is 1.74 bits per heavy atom. The lowest BCUT2D eigenvalue weighted by Crippen LogP contribution is -2.47. The van der Waals surface area contributed by atoms with Gasteiger partial charge >= 0.3 is 0 Å². The molecule has 1 fully saturated rings.